The van der Waals surface area contributed by atoms with Gasteiger partial charge in [-0.25, -0.2) is 4.79 Å². The molecular formula is C24H28O4S2. The van der Waals surface area contributed by atoms with E-state index in [1.807, 2.05) is 30.3 Å². The fraction of sp³-hybridized carbons (Fsp3) is 0.417. The molecule has 1 aliphatic carbocycles. The van der Waals surface area contributed by atoms with Gasteiger partial charge in [-0.1, -0.05) is 48.9 Å². The molecule has 6 heteroatoms. The van der Waals surface area contributed by atoms with Gasteiger partial charge < -0.3 is 9.47 Å². The second-order valence-electron chi connectivity index (χ2n) is 7.67. The minimum Gasteiger partial charge on any atom is -0.457 e. The van der Waals surface area contributed by atoms with Crippen molar-refractivity contribution in [3.63, 3.8) is 0 Å². The number of esters is 2. The van der Waals surface area contributed by atoms with Crippen molar-refractivity contribution >= 4 is 37.2 Å². The van der Waals surface area contributed by atoms with Crippen molar-refractivity contribution in [2.75, 3.05) is 0 Å². The molecule has 1 saturated carbocycles. The van der Waals surface area contributed by atoms with Gasteiger partial charge in [0.15, 0.2) is 0 Å². The van der Waals surface area contributed by atoms with Crippen LogP contribution in [0, 0.1) is 5.92 Å². The largest absolute Gasteiger partial charge is 0.457 e. The number of carbonyl (C=O) groups is 2. The summed E-state index contributed by atoms with van der Waals surface area (Å²) in [7, 11) is 0. The Hall–Kier alpha value is -1.92. The first-order valence-electron chi connectivity index (χ1n) is 10.4. The predicted octanol–water partition coefficient (Wildman–Crippen LogP) is 5.52. The number of unbranched alkanes of at least 4 members (excludes halogenated alkanes) is 1. The topological polar surface area (TPSA) is 52.6 Å². The lowest BCUT2D eigenvalue weighted by atomic mass is 9.99. The quantitative estimate of drug-likeness (QED) is 0.232. The van der Waals surface area contributed by atoms with Gasteiger partial charge in [-0.2, -0.15) is 25.3 Å². The fourth-order valence-corrected chi connectivity index (χ4v) is 4.57. The van der Waals surface area contributed by atoms with Gasteiger partial charge in [0, 0.05) is 16.9 Å². The lowest BCUT2D eigenvalue weighted by Crippen LogP contribution is -2.15. The number of hydrogen-bond acceptors (Lipinski definition) is 6. The average Bonchev–Trinajstić information content (AvgIpc) is 3.08. The van der Waals surface area contributed by atoms with E-state index in [-0.39, 0.29) is 23.9 Å². The molecule has 1 fully saturated rings. The van der Waals surface area contributed by atoms with E-state index in [0.717, 1.165) is 37.7 Å². The monoisotopic (exact) mass is 444 g/mol. The van der Waals surface area contributed by atoms with E-state index in [9.17, 15) is 9.59 Å². The maximum absolute atomic E-state index is 12.5. The van der Waals surface area contributed by atoms with Crippen molar-refractivity contribution in [1.29, 1.82) is 0 Å². The molecule has 0 heterocycles. The molecule has 2 aromatic rings. The van der Waals surface area contributed by atoms with Gasteiger partial charge in [-0.3, -0.25) is 4.79 Å². The van der Waals surface area contributed by atoms with E-state index in [1.165, 1.54) is 0 Å². The first-order valence-corrected chi connectivity index (χ1v) is 11.4. The summed E-state index contributed by atoms with van der Waals surface area (Å²) in [5.74, 6) is -0.0273. The summed E-state index contributed by atoms with van der Waals surface area (Å²) in [6, 6.07) is 16.1. The normalized spacial score (nSPS) is 20.7. The molecule has 0 unspecified atom stereocenters. The summed E-state index contributed by atoms with van der Waals surface area (Å²) >= 11 is 9.20. The molecule has 4 nitrogen and oxygen atoms in total. The number of carbonyl (C=O) groups excluding carboxylic acids is 2. The molecule has 0 saturated heterocycles. The highest BCUT2D eigenvalue weighted by Crippen LogP contribution is 2.36. The molecule has 30 heavy (non-hydrogen) atoms. The maximum Gasteiger partial charge on any atom is 0.342 e. The second kappa shape index (κ2) is 11.5. The van der Waals surface area contributed by atoms with Crippen molar-refractivity contribution in [3.05, 3.63) is 65.7 Å². The third kappa shape index (κ3) is 6.54. The third-order valence-electron chi connectivity index (χ3n) is 5.46. The minimum atomic E-state index is -0.510. The van der Waals surface area contributed by atoms with Crippen LogP contribution in [0.1, 0.15) is 54.4 Å². The van der Waals surface area contributed by atoms with Gasteiger partial charge in [0.25, 0.3) is 0 Å². The number of thiol groups is 2. The van der Waals surface area contributed by atoms with Crippen molar-refractivity contribution in [2.45, 2.75) is 55.6 Å². The molecule has 3 atom stereocenters. The van der Waals surface area contributed by atoms with Gasteiger partial charge in [0.05, 0.1) is 0 Å². The van der Waals surface area contributed by atoms with Gasteiger partial charge in [-0.05, 0) is 49.3 Å². The van der Waals surface area contributed by atoms with E-state index in [0.29, 0.717) is 22.8 Å². The van der Waals surface area contributed by atoms with Gasteiger partial charge >= 0.3 is 11.9 Å². The molecule has 0 bridgehead atoms. The van der Waals surface area contributed by atoms with Crippen LogP contribution in [0.2, 0.25) is 0 Å². The molecular weight excluding hydrogens is 416 g/mol. The summed E-state index contributed by atoms with van der Waals surface area (Å²) < 4.78 is 10.8. The molecule has 0 aliphatic heterocycles. The van der Waals surface area contributed by atoms with E-state index >= 15 is 0 Å². The lowest BCUT2D eigenvalue weighted by Gasteiger charge is -2.16. The summed E-state index contributed by atoms with van der Waals surface area (Å²) in [6.07, 6.45) is 5.36. The number of benzene rings is 2. The highest BCUT2D eigenvalue weighted by molar-refractivity contribution is 7.85. The molecule has 0 aromatic heterocycles. The van der Waals surface area contributed by atoms with Crippen molar-refractivity contribution in [1.82, 2.24) is 0 Å². The standard InChI is InChI=1S/C24H28O4S2/c25-22(13-7-4-10-18-14-15-21(29)23(18)30)28-20-12-6-5-11-19(20)24(26)27-16-17-8-2-1-3-9-17/h1-3,5-6,8-9,11-12,18,21,23,29-30H,4,7,10,13-16H2/t18-,21-,23-/m1/s1. The Morgan fingerprint density at radius 1 is 0.933 bits per heavy atom. The van der Waals surface area contributed by atoms with Crippen LogP contribution >= 0.6 is 25.3 Å². The number of hydrogen-bond donors (Lipinski definition) is 2. The van der Waals surface area contributed by atoms with Crippen LogP contribution in [-0.2, 0) is 16.1 Å². The molecule has 0 radical (unpaired) electrons. The number of rotatable bonds is 9. The maximum atomic E-state index is 12.5. The summed E-state index contributed by atoms with van der Waals surface area (Å²) in [5, 5.41) is 0.718. The Labute approximate surface area is 189 Å². The third-order valence-corrected chi connectivity index (χ3v) is 7.06. The Morgan fingerprint density at radius 3 is 2.40 bits per heavy atom. The average molecular weight is 445 g/mol. The summed E-state index contributed by atoms with van der Waals surface area (Å²) in [4.78, 5) is 24.7. The fourth-order valence-electron chi connectivity index (χ4n) is 3.73. The molecule has 2 aromatic carbocycles. The Kier molecular flexibility index (Phi) is 8.70. The zero-order valence-corrected chi connectivity index (χ0v) is 18.7. The highest BCUT2D eigenvalue weighted by atomic mass is 32.1. The molecule has 3 rings (SSSR count). The molecule has 0 N–H and O–H groups in total. The van der Waals surface area contributed by atoms with Gasteiger partial charge in [0.2, 0.25) is 0 Å². The van der Waals surface area contributed by atoms with Crippen LogP contribution in [0.3, 0.4) is 0 Å². The zero-order chi connectivity index (χ0) is 21.3. The van der Waals surface area contributed by atoms with Crippen LogP contribution in [0.5, 0.6) is 5.75 Å². The SMILES string of the molecule is O=C(CCCC[C@@H]1CC[C@@H](S)[C@@H]1S)Oc1ccccc1C(=O)OCc1ccccc1. The predicted molar refractivity (Wildman–Crippen MR) is 124 cm³/mol. The lowest BCUT2D eigenvalue weighted by molar-refractivity contribution is -0.134. The van der Waals surface area contributed by atoms with Crippen LogP contribution in [0.15, 0.2) is 54.6 Å². The number of ether oxygens (including phenoxy) is 2. The van der Waals surface area contributed by atoms with Crippen molar-refractivity contribution in [2.24, 2.45) is 5.92 Å². The van der Waals surface area contributed by atoms with E-state index in [4.69, 9.17) is 9.47 Å². The van der Waals surface area contributed by atoms with E-state index in [1.54, 1.807) is 24.3 Å². The zero-order valence-electron chi connectivity index (χ0n) is 16.9. The molecule has 160 valence electrons. The summed E-state index contributed by atoms with van der Waals surface area (Å²) in [5.41, 5.74) is 1.15. The number of para-hydroxylation sites is 1. The first kappa shape index (κ1) is 22.8. The molecule has 0 amide bonds. The van der Waals surface area contributed by atoms with E-state index < -0.39 is 5.97 Å². The Balaban J connectivity index is 1.45. The van der Waals surface area contributed by atoms with Crippen LogP contribution in [0.25, 0.3) is 0 Å². The van der Waals surface area contributed by atoms with Crippen molar-refractivity contribution < 1.29 is 19.1 Å². The molecule has 0 spiro atoms. The smallest absolute Gasteiger partial charge is 0.342 e. The second-order valence-corrected chi connectivity index (χ2v) is 8.93. The van der Waals surface area contributed by atoms with Gasteiger partial charge in [0.1, 0.15) is 17.9 Å². The Bertz CT molecular complexity index is 840. The van der Waals surface area contributed by atoms with E-state index in [2.05, 4.69) is 25.3 Å². The molecule has 1 aliphatic rings. The minimum absolute atomic E-state index is 0.169. The summed E-state index contributed by atoms with van der Waals surface area (Å²) in [6.45, 7) is 0.169. The first-order chi connectivity index (χ1) is 14.5. The van der Waals surface area contributed by atoms with Crippen LogP contribution in [-0.4, -0.2) is 22.4 Å². The van der Waals surface area contributed by atoms with Crippen LogP contribution < -0.4 is 4.74 Å². The highest BCUT2D eigenvalue weighted by Gasteiger charge is 2.30. The van der Waals surface area contributed by atoms with Gasteiger partial charge in [-0.15, -0.1) is 0 Å². The van der Waals surface area contributed by atoms with Crippen molar-refractivity contribution in [3.8, 4) is 5.75 Å². The Morgan fingerprint density at radius 2 is 1.67 bits per heavy atom. The van der Waals surface area contributed by atoms with Crippen LogP contribution in [0.4, 0.5) is 0 Å².